The Labute approximate surface area is 164 Å². The Hall–Kier alpha value is -3.14. The zero-order valence-electron chi connectivity index (χ0n) is 15.3. The SMILES string of the molecule is CONc1nc(C#Cc2ccccn2)nc2c1ncn2[C@@H]1O[C@H](CO)[C@@H](O)[C@H]1O. The molecule has 0 spiro atoms. The van der Waals surface area contributed by atoms with Crippen molar-refractivity contribution in [3.63, 3.8) is 0 Å². The third-order valence-electron chi connectivity index (χ3n) is 4.38. The number of pyridine rings is 1. The van der Waals surface area contributed by atoms with Gasteiger partial charge in [0, 0.05) is 6.20 Å². The molecule has 11 heteroatoms. The molecule has 1 fully saturated rings. The predicted octanol–water partition coefficient (Wildman–Crippen LogP) is -0.794. The molecule has 0 bridgehead atoms. The molecule has 4 rings (SSSR count). The largest absolute Gasteiger partial charge is 0.394 e. The number of ether oxygens (including phenoxy) is 1. The molecule has 1 aliphatic heterocycles. The van der Waals surface area contributed by atoms with Gasteiger partial charge in [-0.3, -0.25) is 9.40 Å². The van der Waals surface area contributed by atoms with E-state index in [1.165, 1.54) is 18.0 Å². The van der Waals surface area contributed by atoms with E-state index in [0.717, 1.165) is 0 Å². The van der Waals surface area contributed by atoms with Gasteiger partial charge in [-0.25, -0.2) is 20.4 Å². The maximum absolute atomic E-state index is 10.3. The zero-order valence-corrected chi connectivity index (χ0v) is 15.3. The molecule has 0 aliphatic carbocycles. The van der Waals surface area contributed by atoms with Gasteiger partial charge in [-0.15, -0.1) is 0 Å². The van der Waals surface area contributed by atoms with Crippen LogP contribution in [0.4, 0.5) is 5.82 Å². The molecule has 0 aromatic carbocycles. The highest BCUT2D eigenvalue weighted by Crippen LogP contribution is 2.32. The third-order valence-corrected chi connectivity index (χ3v) is 4.38. The van der Waals surface area contributed by atoms with E-state index in [-0.39, 0.29) is 11.6 Å². The summed E-state index contributed by atoms with van der Waals surface area (Å²) in [4.78, 5) is 22.0. The Balaban J connectivity index is 1.78. The van der Waals surface area contributed by atoms with Crippen molar-refractivity contribution in [1.82, 2.24) is 24.5 Å². The summed E-state index contributed by atoms with van der Waals surface area (Å²) in [5.74, 6) is 6.14. The molecule has 11 nitrogen and oxygen atoms in total. The summed E-state index contributed by atoms with van der Waals surface area (Å²) >= 11 is 0. The van der Waals surface area contributed by atoms with Crippen molar-refractivity contribution in [3.8, 4) is 11.8 Å². The van der Waals surface area contributed by atoms with Crippen LogP contribution in [0, 0.1) is 11.8 Å². The average molecular weight is 398 g/mol. The first-order chi connectivity index (χ1) is 14.1. The second-order valence-corrected chi connectivity index (χ2v) is 6.22. The number of aromatic nitrogens is 5. The van der Waals surface area contributed by atoms with Crippen LogP contribution in [0.25, 0.3) is 11.2 Å². The molecular formula is C18H18N6O5. The van der Waals surface area contributed by atoms with E-state index in [1.807, 2.05) is 6.07 Å². The van der Waals surface area contributed by atoms with Crippen LogP contribution < -0.4 is 5.48 Å². The molecule has 0 amide bonds. The Kier molecular flexibility index (Phi) is 5.34. The molecule has 29 heavy (non-hydrogen) atoms. The van der Waals surface area contributed by atoms with E-state index < -0.39 is 31.1 Å². The van der Waals surface area contributed by atoms with Gasteiger partial charge in [-0.05, 0) is 24.0 Å². The van der Waals surface area contributed by atoms with Crippen molar-refractivity contribution in [2.75, 3.05) is 19.2 Å². The maximum Gasteiger partial charge on any atom is 0.209 e. The van der Waals surface area contributed by atoms with E-state index in [9.17, 15) is 15.3 Å². The van der Waals surface area contributed by atoms with Crippen LogP contribution >= 0.6 is 0 Å². The van der Waals surface area contributed by atoms with Crippen LogP contribution in [0.3, 0.4) is 0 Å². The number of aliphatic hydroxyl groups excluding tert-OH is 3. The first kappa shape index (κ1) is 19.2. The van der Waals surface area contributed by atoms with Gasteiger partial charge >= 0.3 is 0 Å². The zero-order chi connectivity index (χ0) is 20.4. The normalized spacial score (nSPS) is 23.7. The number of nitrogens with zero attached hydrogens (tertiary/aromatic N) is 5. The minimum absolute atomic E-state index is 0.163. The molecule has 0 unspecified atom stereocenters. The van der Waals surface area contributed by atoms with E-state index in [0.29, 0.717) is 16.9 Å². The highest BCUT2D eigenvalue weighted by Gasteiger charge is 2.44. The van der Waals surface area contributed by atoms with E-state index in [4.69, 9.17) is 9.57 Å². The van der Waals surface area contributed by atoms with Gasteiger partial charge in [0.2, 0.25) is 5.82 Å². The number of imidazole rings is 1. The summed E-state index contributed by atoms with van der Waals surface area (Å²) in [7, 11) is 1.43. The molecule has 0 radical (unpaired) electrons. The average Bonchev–Trinajstić information content (AvgIpc) is 3.29. The van der Waals surface area contributed by atoms with Gasteiger partial charge in [-0.1, -0.05) is 6.07 Å². The first-order valence-corrected chi connectivity index (χ1v) is 8.71. The number of hydrogen-bond donors (Lipinski definition) is 4. The van der Waals surface area contributed by atoms with Crippen molar-refractivity contribution in [3.05, 3.63) is 42.2 Å². The molecule has 3 aromatic rings. The van der Waals surface area contributed by atoms with E-state index in [1.54, 1.807) is 18.3 Å². The lowest BCUT2D eigenvalue weighted by Crippen LogP contribution is -2.33. The highest BCUT2D eigenvalue weighted by molar-refractivity contribution is 5.83. The first-order valence-electron chi connectivity index (χ1n) is 8.71. The van der Waals surface area contributed by atoms with Crippen LogP contribution in [-0.2, 0) is 9.57 Å². The summed E-state index contributed by atoms with van der Waals surface area (Å²) < 4.78 is 7.02. The second kappa shape index (κ2) is 8.08. The van der Waals surface area contributed by atoms with Crippen molar-refractivity contribution in [2.45, 2.75) is 24.5 Å². The molecule has 4 heterocycles. The molecule has 3 aromatic heterocycles. The van der Waals surface area contributed by atoms with Crippen LogP contribution in [0.1, 0.15) is 17.7 Å². The van der Waals surface area contributed by atoms with Gasteiger partial charge in [0.05, 0.1) is 20.0 Å². The Bertz CT molecular complexity index is 1060. The van der Waals surface area contributed by atoms with Gasteiger partial charge in [0.25, 0.3) is 0 Å². The Morgan fingerprint density at radius 1 is 1.21 bits per heavy atom. The lowest BCUT2D eigenvalue weighted by Gasteiger charge is -2.16. The smallest absolute Gasteiger partial charge is 0.209 e. The molecule has 4 atom stereocenters. The van der Waals surface area contributed by atoms with Crippen LogP contribution in [-0.4, -0.2) is 71.9 Å². The van der Waals surface area contributed by atoms with Crippen molar-refractivity contribution < 1.29 is 24.9 Å². The van der Waals surface area contributed by atoms with Crippen LogP contribution in [0.15, 0.2) is 30.7 Å². The monoisotopic (exact) mass is 398 g/mol. The molecule has 4 N–H and O–H groups in total. The van der Waals surface area contributed by atoms with Crippen molar-refractivity contribution >= 4 is 17.0 Å². The van der Waals surface area contributed by atoms with Gasteiger partial charge in [0.1, 0.15) is 24.0 Å². The van der Waals surface area contributed by atoms with Crippen LogP contribution in [0.5, 0.6) is 0 Å². The van der Waals surface area contributed by atoms with Gasteiger partial charge in [-0.2, -0.15) is 4.98 Å². The fourth-order valence-electron chi connectivity index (χ4n) is 2.99. The van der Waals surface area contributed by atoms with E-state index in [2.05, 4.69) is 37.3 Å². The standard InChI is InChI=1S/C18H18N6O5/c1-28-23-16-13-17(22-12(21-16)6-5-10-4-2-3-7-19-10)24(9-20-13)18-15(27)14(26)11(8-25)29-18/h2-4,7,9,11,14-15,18,25-27H,8H2,1H3,(H,21,22,23)/t11-,14-,15-,18-/m1/s1. The third kappa shape index (κ3) is 3.63. The maximum atomic E-state index is 10.3. The summed E-state index contributed by atoms with van der Waals surface area (Å²) in [6.07, 6.45) is -1.41. The lowest BCUT2D eigenvalue weighted by atomic mass is 10.1. The number of rotatable bonds is 4. The number of aliphatic hydroxyl groups is 3. The highest BCUT2D eigenvalue weighted by atomic mass is 16.6. The van der Waals surface area contributed by atoms with Crippen molar-refractivity contribution in [2.24, 2.45) is 0 Å². The minimum atomic E-state index is -1.28. The number of hydrogen-bond acceptors (Lipinski definition) is 10. The topological polar surface area (TPSA) is 148 Å². The predicted molar refractivity (Wildman–Crippen MR) is 99.2 cm³/mol. The Morgan fingerprint density at radius 2 is 2.07 bits per heavy atom. The fourth-order valence-corrected chi connectivity index (χ4v) is 2.99. The fraction of sp³-hybridized carbons (Fsp3) is 0.333. The van der Waals surface area contributed by atoms with Gasteiger partial charge in [0.15, 0.2) is 23.2 Å². The molecule has 1 aliphatic rings. The molecule has 1 saturated heterocycles. The molecular weight excluding hydrogens is 380 g/mol. The van der Waals surface area contributed by atoms with Crippen LogP contribution in [0.2, 0.25) is 0 Å². The minimum Gasteiger partial charge on any atom is -0.394 e. The van der Waals surface area contributed by atoms with Gasteiger partial charge < -0.3 is 20.1 Å². The molecule has 0 saturated carbocycles. The lowest BCUT2D eigenvalue weighted by molar-refractivity contribution is -0.0511. The number of fused-ring (bicyclic) bond motifs is 1. The summed E-state index contributed by atoms with van der Waals surface area (Å²) in [5, 5.41) is 29.7. The second-order valence-electron chi connectivity index (χ2n) is 6.22. The quantitative estimate of drug-likeness (QED) is 0.325. The summed E-state index contributed by atoms with van der Waals surface area (Å²) in [5.41, 5.74) is 3.84. The molecule has 150 valence electrons. The summed E-state index contributed by atoms with van der Waals surface area (Å²) in [6.45, 7) is -0.437. The van der Waals surface area contributed by atoms with E-state index >= 15 is 0 Å². The van der Waals surface area contributed by atoms with Crippen molar-refractivity contribution in [1.29, 1.82) is 0 Å². The number of nitrogens with one attached hydrogen (secondary N) is 1. The summed E-state index contributed by atoms with van der Waals surface area (Å²) in [6, 6.07) is 5.35. The Morgan fingerprint density at radius 3 is 2.76 bits per heavy atom. The number of anilines is 1.